The summed E-state index contributed by atoms with van der Waals surface area (Å²) in [5.74, 6) is 0.656. The van der Waals surface area contributed by atoms with Crippen LogP contribution in [0, 0.1) is 13.8 Å². The van der Waals surface area contributed by atoms with Gasteiger partial charge in [-0.25, -0.2) is 0 Å². The maximum absolute atomic E-state index is 5.68. The molecule has 0 bridgehead atoms. The number of hydrogen-bond donors (Lipinski definition) is 2. The average molecular weight is 218 g/mol. The Kier molecular flexibility index (Phi) is 3.62. The van der Waals surface area contributed by atoms with Crippen LogP contribution in [0.3, 0.4) is 0 Å². The Hall–Kier alpha value is -0.860. The van der Waals surface area contributed by atoms with E-state index in [9.17, 15) is 0 Å². The lowest BCUT2D eigenvalue weighted by molar-refractivity contribution is 0.514. The van der Waals surface area contributed by atoms with Gasteiger partial charge in [-0.1, -0.05) is 23.8 Å². The molecule has 0 radical (unpaired) electrons. The fraction of sp³-hybridized carbons (Fsp3) is 0.571. The van der Waals surface area contributed by atoms with Gasteiger partial charge in [-0.15, -0.1) is 0 Å². The lowest BCUT2D eigenvalue weighted by atomic mass is 9.86. The molecule has 0 saturated carbocycles. The molecule has 2 atom stereocenters. The SMILES string of the molecule is Cc1ccc(C)c(C2CCNC2CCN)c1. The smallest absolute Gasteiger partial charge is 0.0148 e. The summed E-state index contributed by atoms with van der Waals surface area (Å²) in [7, 11) is 0. The summed E-state index contributed by atoms with van der Waals surface area (Å²) < 4.78 is 0. The van der Waals surface area contributed by atoms with Crippen molar-refractivity contribution >= 4 is 0 Å². The van der Waals surface area contributed by atoms with Gasteiger partial charge in [-0.3, -0.25) is 0 Å². The maximum atomic E-state index is 5.68. The monoisotopic (exact) mass is 218 g/mol. The molecule has 0 spiro atoms. The van der Waals surface area contributed by atoms with E-state index in [1.165, 1.54) is 23.1 Å². The van der Waals surface area contributed by atoms with Crippen LogP contribution in [-0.2, 0) is 0 Å². The summed E-state index contributed by atoms with van der Waals surface area (Å²) in [5.41, 5.74) is 9.97. The molecule has 3 N–H and O–H groups in total. The molecule has 2 nitrogen and oxygen atoms in total. The van der Waals surface area contributed by atoms with Crippen LogP contribution in [0.2, 0.25) is 0 Å². The third kappa shape index (κ3) is 2.28. The zero-order valence-electron chi connectivity index (χ0n) is 10.3. The minimum absolute atomic E-state index is 0.575. The topological polar surface area (TPSA) is 38.0 Å². The van der Waals surface area contributed by atoms with Gasteiger partial charge >= 0.3 is 0 Å². The molecule has 1 aromatic carbocycles. The van der Waals surface area contributed by atoms with Gasteiger partial charge in [0.1, 0.15) is 0 Å². The van der Waals surface area contributed by atoms with Crippen LogP contribution in [0.15, 0.2) is 18.2 Å². The molecule has 0 amide bonds. The van der Waals surface area contributed by atoms with Crippen LogP contribution in [0.25, 0.3) is 0 Å². The summed E-state index contributed by atoms with van der Waals surface area (Å²) in [6.45, 7) is 6.29. The third-order valence-corrected chi connectivity index (χ3v) is 3.66. The number of benzene rings is 1. The Morgan fingerprint density at radius 2 is 2.19 bits per heavy atom. The highest BCUT2D eigenvalue weighted by Gasteiger charge is 2.28. The Morgan fingerprint density at radius 3 is 2.94 bits per heavy atom. The molecule has 2 unspecified atom stereocenters. The molecule has 2 heteroatoms. The molecule has 1 heterocycles. The van der Waals surface area contributed by atoms with E-state index in [-0.39, 0.29) is 0 Å². The molecule has 0 aliphatic carbocycles. The predicted octanol–water partition coefficient (Wildman–Crippen LogP) is 2.10. The van der Waals surface area contributed by atoms with E-state index in [0.29, 0.717) is 12.0 Å². The minimum Gasteiger partial charge on any atom is -0.330 e. The average Bonchev–Trinajstić information content (AvgIpc) is 2.70. The van der Waals surface area contributed by atoms with Crippen molar-refractivity contribution in [2.24, 2.45) is 5.73 Å². The van der Waals surface area contributed by atoms with E-state index >= 15 is 0 Å². The molecule has 88 valence electrons. The van der Waals surface area contributed by atoms with Crippen molar-refractivity contribution in [2.45, 2.75) is 38.6 Å². The van der Waals surface area contributed by atoms with Crippen molar-refractivity contribution < 1.29 is 0 Å². The van der Waals surface area contributed by atoms with E-state index in [1.807, 2.05) is 0 Å². The first-order valence-electron chi connectivity index (χ1n) is 6.23. The van der Waals surface area contributed by atoms with Gasteiger partial charge in [0, 0.05) is 12.0 Å². The van der Waals surface area contributed by atoms with E-state index in [0.717, 1.165) is 19.5 Å². The van der Waals surface area contributed by atoms with Crippen LogP contribution in [0.5, 0.6) is 0 Å². The highest BCUT2D eigenvalue weighted by atomic mass is 15.0. The number of hydrogen-bond acceptors (Lipinski definition) is 2. The molecular weight excluding hydrogens is 196 g/mol. The first-order valence-corrected chi connectivity index (χ1v) is 6.23. The Labute approximate surface area is 98.2 Å². The molecule has 0 aromatic heterocycles. The summed E-state index contributed by atoms with van der Waals surface area (Å²) >= 11 is 0. The molecule has 1 fully saturated rings. The second-order valence-corrected chi connectivity index (χ2v) is 4.89. The van der Waals surface area contributed by atoms with Crippen LogP contribution in [0.4, 0.5) is 0 Å². The summed E-state index contributed by atoms with van der Waals surface area (Å²) in [5, 5.41) is 3.57. The van der Waals surface area contributed by atoms with Gasteiger partial charge in [0.2, 0.25) is 0 Å². The van der Waals surface area contributed by atoms with Crippen molar-refractivity contribution in [1.29, 1.82) is 0 Å². The van der Waals surface area contributed by atoms with Gasteiger partial charge in [0.25, 0.3) is 0 Å². The molecule has 2 rings (SSSR count). The van der Waals surface area contributed by atoms with Crippen molar-refractivity contribution in [1.82, 2.24) is 5.32 Å². The normalized spacial score (nSPS) is 24.9. The fourth-order valence-electron chi connectivity index (χ4n) is 2.78. The van der Waals surface area contributed by atoms with E-state index in [1.54, 1.807) is 0 Å². The van der Waals surface area contributed by atoms with Gasteiger partial charge < -0.3 is 11.1 Å². The van der Waals surface area contributed by atoms with Gasteiger partial charge in [-0.05, 0) is 50.9 Å². The molecular formula is C14H22N2. The minimum atomic E-state index is 0.575. The van der Waals surface area contributed by atoms with Crippen LogP contribution in [0.1, 0.15) is 35.4 Å². The van der Waals surface area contributed by atoms with Gasteiger partial charge in [0.15, 0.2) is 0 Å². The molecule has 1 aliphatic rings. The quantitative estimate of drug-likeness (QED) is 0.815. The Balaban J connectivity index is 2.25. The number of nitrogens with two attached hydrogens (primary N) is 1. The first-order chi connectivity index (χ1) is 7.72. The van der Waals surface area contributed by atoms with Crippen molar-refractivity contribution in [3.05, 3.63) is 34.9 Å². The zero-order chi connectivity index (χ0) is 11.5. The second kappa shape index (κ2) is 4.98. The van der Waals surface area contributed by atoms with Crippen LogP contribution in [-0.4, -0.2) is 19.1 Å². The first kappa shape index (κ1) is 11.6. The Morgan fingerprint density at radius 1 is 1.38 bits per heavy atom. The van der Waals surface area contributed by atoms with Crippen molar-refractivity contribution in [3.8, 4) is 0 Å². The summed E-state index contributed by atoms with van der Waals surface area (Å²) in [6, 6.07) is 7.35. The van der Waals surface area contributed by atoms with E-state index in [2.05, 4.69) is 37.4 Å². The molecule has 16 heavy (non-hydrogen) atoms. The maximum Gasteiger partial charge on any atom is 0.0148 e. The highest BCUT2D eigenvalue weighted by molar-refractivity contribution is 5.35. The number of nitrogens with one attached hydrogen (secondary N) is 1. The Bertz CT molecular complexity index is 360. The standard InChI is InChI=1S/C14H22N2/c1-10-3-4-11(2)13(9-10)12-6-8-16-14(12)5-7-15/h3-4,9,12,14,16H,5-8,15H2,1-2H3. The van der Waals surface area contributed by atoms with Crippen molar-refractivity contribution in [2.75, 3.05) is 13.1 Å². The number of rotatable bonds is 3. The van der Waals surface area contributed by atoms with Gasteiger partial charge in [-0.2, -0.15) is 0 Å². The third-order valence-electron chi connectivity index (χ3n) is 3.66. The fourth-order valence-corrected chi connectivity index (χ4v) is 2.78. The zero-order valence-corrected chi connectivity index (χ0v) is 10.3. The predicted molar refractivity (Wildman–Crippen MR) is 68.7 cm³/mol. The van der Waals surface area contributed by atoms with Crippen LogP contribution >= 0.6 is 0 Å². The molecule has 1 aliphatic heterocycles. The van der Waals surface area contributed by atoms with Crippen LogP contribution < -0.4 is 11.1 Å². The number of aryl methyl sites for hydroxylation is 2. The largest absolute Gasteiger partial charge is 0.330 e. The molecule has 1 saturated heterocycles. The van der Waals surface area contributed by atoms with Gasteiger partial charge in [0.05, 0.1) is 0 Å². The summed E-state index contributed by atoms with van der Waals surface area (Å²) in [6.07, 6.45) is 2.33. The van der Waals surface area contributed by atoms with E-state index in [4.69, 9.17) is 5.73 Å². The van der Waals surface area contributed by atoms with E-state index < -0.39 is 0 Å². The lowest BCUT2D eigenvalue weighted by Gasteiger charge is -2.21. The summed E-state index contributed by atoms with van der Waals surface area (Å²) in [4.78, 5) is 0. The second-order valence-electron chi connectivity index (χ2n) is 4.89. The highest BCUT2D eigenvalue weighted by Crippen LogP contribution is 2.31. The van der Waals surface area contributed by atoms with Crippen molar-refractivity contribution in [3.63, 3.8) is 0 Å². The lowest BCUT2D eigenvalue weighted by Crippen LogP contribution is -2.28. The molecule has 1 aromatic rings.